The van der Waals surface area contributed by atoms with Crippen LogP contribution < -0.4 is 10.2 Å². The molecular weight excluding hydrogens is 510 g/mol. The van der Waals surface area contributed by atoms with E-state index in [4.69, 9.17) is 4.74 Å². The monoisotopic (exact) mass is 547 g/mol. The van der Waals surface area contributed by atoms with Crippen molar-refractivity contribution in [1.29, 1.82) is 0 Å². The van der Waals surface area contributed by atoms with E-state index in [2.05, 4.69) is 63.7 Å². The fourth-order valence-corrected chi connectivity index (χ4v) is 5.74. The lowest BCUT2D eigenvalue weighted by Gasteiger charge is -2.36. The summed E-state index contributed by atoms with van der Waals surface area (Å²) < 4.78 is 4.83. The molecule has 0 bridgehead atoms. The van der Waals surface area contributed by atoms with Gasteiger partial charge in [0.1, 0.15) is 0 Å². The van der Waals surface area contributed by atoms with Gasteiger partial charge in [0.25, 0.3) is 0 Å². The van der Waals surface area contributed by atoms with Crippen LogP contribution in [0.1, 0.15) is 48.0 Å². The highest BCUT2D eigenvalue weighted by Gasteiger charge is 2.39. The lowest BCUT2D eigenvalue weighted by Crippen LogP contribution is -2.40. The highest BCUT2D eigenvalue weighted by molar-refractivity contribution is 5.96. The van der Waals surface area contributed by atoms with Crippen LogP contribution in [-0.4, -0.2) is 38.1 Å². The smallest absolute Gasteiger partial charge is 0.339 e. The van der Waals surface area contributed by atoms with Gasteiger partial charge in [-0.1, -0.05) is 67.8 Å². The average molecular weight is 548 g/mol. The number of rotatable bonds is 8. The number of nitrogens with one attached hydrogen (secondary N) is 1. The second kappa shape index (κ2) is 12.4. The molecule has 1 amide bonds. The van der Waals surface area contributed by atoms with E-state index >= 15 is 0 Å². The van der Waals surface area contributed by atoms with Gasteiger partial charge in [0.05, 0.1) is 18.1 Å². The Bertz CT molecular complexity index is 1500. The van der Waals surface area contributed by atoms with Crippen LogP contribution in [-0.2, 0) is 16.0 Å². The van der Waals surface area contributed by atoms with Crippen LogP contribution >= 0.6 is 0 Å². The Morgan fingerprint density at radius 1 is 0.829 bits per heavy atom. The minimum absolute atomic E-state index is 0.0686. The van der Waals surface area contributed by atoms with Crippen molar-refractivity contribution >= 4 is 23.3 Å². The van der Waals surface area contributed by atoms with Crippen molar-refractivity contribution in [2.45, 2.75) is 38.5 Å². The number of hydrogen-bond donors (Lipinski definition) is 1. The van der Waals surface area contributed by atoms with Crippen LogP contribution in [0.5, 0.6) is 0 Å². The first-order chi connectivity index (χ1) is 19.9. The summed E-state index contributed by atoms with van der Waals surface area (Å²) in [4.78, 5) is 32.2. The Balaban J connectivity index is 1.33. The molecule has 6 heteroatoms. The molecule has 1 aliphatic carbocycles. The summed E-state index contributed by atoms with van der Waals surface area (Å²) in [6.07, 6.45) is 8.91. The normalized spacial score (nSPS) is 14.2. The number of anilines is 2. The molecule has 1 aromatic heterocycles. The van der Waals surface area contributed by atoms with Crippen LogP contribution in [0.15, 0.2) is 91.3 Å². The summed E-state index contributed by atoms with van der Waals surface area (Å²) >= 11 is 0. The molecule has 1 aliphatic rings. The third-order valence-corrected chi connectivity index (χ3v) is 8.12. The van der Waals surface area contributed by atoms with E-state index in [1.807, 2.05) is 38.4 Å². The molecule has 1 saturated carbocycles. The number of aromatic nitrogens is 1. The van der Waals surface area contributed by atoms with Gasteiger partial charge >= 0.3 is 5.97 Å². The SMILES string of the molecule is COC(=O)c1cncc(-c2cccc(NC(=O)C3(Cc4ccc(-c5ccc(N(C)C)cc5)cc4)CCCCC3)c2)c1. The molecule has 1 fully saturated rings. The second-order valence-corrected chi connectivity index (χ2v) is 11.1. The van der Waals surface area contributed by atoms with E-state index in [0.717, 1.165) is 48.9 Å². The minimum Gasteiger partial charge on any atom is -0.465 e. The Morgan fingerprint density at radius 2 is 1.51 bits per heavy atom. The summed E-state index contributed by atoms with van der Waals surface area (Å²) in [6.45, 7) is 0. The molecule has 0 unspecified atom stereocenters. The molecule has 3 aromatic carbocycles. The molecule has 0 spiro atoms. The van der Waals surface area contributed by atoms with Gasteiger partial charge < -0.3 is 15.0 Å². The molecule has 0 atom stereocenters. The van der Waals surface area contributed by atoms with Gasteiger partial charge in [-0.3, -0.25) is 9.78 Å². The molecule has 210 valence electrons. The van der Waals surface area contributed by atoms with Gasteiger partial charge in [-0.05, 0) is 71.8 Å². The number of pyridine rings is 1. The zero-order valence-corrected chi connectivity index (χ0v) is 24.0. The fraction of sp³-hybridized carbons (Fsp3) is 0.286. The van der Waals surface area contributed by atoms with Crippen LogP contribution in [0, 0.1) is 5.41 Å². The molecule has 1 heterocycles. The van der Waals surface area contributed by atoms with Gasteiger partial charge in [-0.15, -0.1) is 0 Å². The average Bonchev–Trinajstić information content (AvgIpc) is 3.01. The zero-order valence-electron chi connectivity index (χ0n) is 24.0. The van der Waals surface area contributed by atoms with Crippen molar-refractivity contribution in [1.82, 2.24) is 4.98 Å². The van der Waals surface area contributed by atoms with Crippen LogP contribution in [0.4, 0.5) is 11.4 Å². The molecular formula is C35H37N3O3. The topological polar surface area (TPSA) is 71.5 Å². The van der Waals surface area contributed by atoms with Crippen molar-refractivity contribution in [3.8, 4) is 22.3 Å². The Labute approximate surface area is 242 Å². The van der Waals surface area contributed by atoms with E-state index in [1.165, 1.54) is 35.7 Å². The predicted molar refractivity (Wildman–Crippen MR) is 165 cm³/mol. The third-order valence-electron chi connectivity index (χ3n) is 8.12. The Hall–Kier alpha value is -4.45. The predicted octanol–water partition coefficient (Wildman–Crippen LogP) is 7.40. The third kappa shape index (κ3) is 6.49. The van der Waals surface area contributed by atoms with Crippen molar-refractivity contribution in [2.24, 2.45) is 5.41 Å². The minimum atomic E-state index is -0.449. The van der Waals surface area contributed by atoms with Gasteiger partial charge in [0, 0.05) is 43.4 Å². The largest absolute Gasteiger partial charge is 0.465 e. The first-order valence-corrected chi connectivity index (χ1v) is 14.2. The number of methoxy groups -OCH3 is 1. The lowest BCUT2D eigenvalue weighted by atomic mass is 9.69. The second-order valence-electron chi connectivity index (χ2n) is 11.1. The number of benzene rings is 3. The van der Waals surface area contributed by atoms with Crippen LogP contribution in [0.2, 0.25) is 0 Å². The van der Waals surface area contributed by atoms with Crippen molar-refractivity contribution in [2.75, 3.05) is 31.4 Å². The first kappa shape index (κ1) is 28.1. The number of carbonyl (C=O) groups excluding carboxylic acids is 2. The zero-order chi connectivity index (χ0) is 28.8. The van der Waals surface area contributed by atoms with E-state index < -0.39 is 11.4 Å². The van der Waals surface area contributed by atoms with E-state index in [-0.39, 0.29) is 5.91 Å². The molecule has 0 radical (unpaired) electrons. The Kier molecular flexibility index (Phi) is 8.48. The standard InChI is InChI=1S/C35H37N3O3/c1-38(2)32-16-14-27(15-17-32)26-12-10-25(11-13-26)22-35(18-5-4-6-19-35)34(40)37-31-9-7-8-28(21-31)29-20-30(24-36-23-29)33(39)41-3/h7-17,20-21,23-24H,4-6,18-19,22H2,1-3H3,(H,37,40). The number of ether oxygens (including phenoxy) is 1. The van der Waals surface area contributed by atoms with Gasteiger partial charge in [0.2, 0.25) is 5.91 Å². The van der Waals surface area contributed by atoms with Crippen molar-refractivity contribution in [3.05, 3.63) is 102 Å². The van der Waals surface area contributed by atoms with Crippen molar-refractivity contribution in [3.63, 3.8) is 0 Å². The van der Waals surface area contributed by atoms with Crippen molar-refractivity contribution < 1.29 is 14.3 Å². The molecule has 41 heavy (non-hydrogen) atoms. The quantitative estimate of drug-likeness (QED) is 0.233. The maximum atomic E-state index is 13.9. The molecule has 4 aromatic rings. The van der Waals surface area contributed by atoms with Gasteiger partial charge in [-0.2, -0.15) is 0 Å². The first-order valence-electron chi connectivity index (χ1n) is 14.2. The summed E-state index contributed by atoms with van der Waals surface area (Å²) in [6, 6.07) is 26.7. The maximum absolute atomic E-state index is 13.9. The van der Waals surface area contributed by atoms with E-state index in [1.54, 1.807) is 12.3 Å². The molecule has 0 saturated heterocycles. The number of carbonyl (C=O) groups is 2. The number of hydrogen-bond acceptors (Lipinski definition) is 5. The molecule has 6 nitrogen and oxygen atoms in total. The molecule has 0 aliphatic heterocycles. The summed E-state index contributed by atoms with van der Waals surface area (Å²) in [7, 11) is 5.44. The fourth-order valence-electron chi connectivity index (χ4n) is 5.74. The molecule has 1 N–H and O–H groups in total. The lowest BCUT2D eigenvalue weighted by molar-refractivity contribution is -0.127. The number of amides is 1. The highest BCUT2D eigenvalue weighted by atomic mass is 16.5. The summed E-state index contributed by atoms with van der Waals surface area (Å²) in [5.41, 5.74) is 7.02. The number of nitrogens with zero attached hydrogens (tertiary/aromatic N) is 2. The molecule has 5 rings (SSSR count). The highest BCUT2D eigenvalue weighted by Crippen LogP contribution is 2.41. The maximum Gasteiger partial charge on any atom is 0.339 e. The summed E-state index contributed by atoms with van der Waals surface area (Å²) in [5, 5.41) is 3.23. The van der Waals surface area contributed by atoms with E-state index in [9.17, 15) is 9.59 Å². The van der Waals surface area contributed by atoms with Gasteiger partial charge in [-0.25, -0.2) is 4.79 Å². The Morgan fingerprint density at radius 3 is 2.17 bits per heavy atom. The van der Waals surface area contributed by atoms with Gasteiger partial charge in [0.15, 0.2) is 0 Å². The van der Waals surface area contributed by atoms with Crippen LogP contribution in [0.3, 0.4) is 0 Å². The summed E-state index contributed by atoms with van der Waals surface area (Å²) in [5.74, 6) is -0.363. The number of esters is 1. The van der Waals surface area contributed by atoms with E-state index in [0.29, 0.717) is 12.0 Å². The van der Waals surface area contributed by atoms with Crippen LogP contribution in [0.25, 0.3) is 22.3 Å².